The maximum absolute atomic E-state index is 12.6. The van der Waals surface area contributed by atoms with Crippen molar-refractivity contribution in [2.24, 2.45) is 0 Å². The first kappa shape index (κ1) is 19.1. The zero-order valence-electron chi connectivity index (χ0n) is 14.9. The smallest absolute Gasteiger partial charge is 0.293 e. The number of benzene rings is 2. The zero-order chi connectivity index (χ0) is 19.4. The first-order valence-corrected chi connectivity index (χ1v) is 10.0. The quantitative estimate of drug-likeness (QED) is 0.575. The number of nitrogens with zero attached hydrogens (tertiary/aromatic N) is 2. The van der Waals surface area contributed by atoms with Gasteiger partial charge in [-0.15, -0.1) is 0 Å². The minimum atomic E-state index is -3.70. The molecule has 0 bridgehead atoms. The second kappa shape index (κ2) is 7.93. The van der Waals surface area contributed by atoms with Crippen LogP contribution in [-0.4, -0.2) is 37.8 Å². The second-order valence-electron chi connectivity index (χ2n) is 6.25. The highest BCUT2D eigenvalue weighted by atomic mass is 32.2. The SMILES string of the molecule is COc1ccc(CNc2ccc(S(=O)(=O)N3CCCC3)cc2[N+](=O)[O-])cc1. The molecule has 3 rings (SSSR count). The molecule has 0 unspecified atom stereocenters. The van der Waals surface area contributed by atoms with Crippen LogP contribution in [-0.2, 0) is 16.6 Å². The van der Waals surface area contributed by atoms with Gasteiger partial charge in [0.15, 0.2) is 0 Å². The molecular formula is C18H21N3O5S. The third-order valence-corrected chi connectivity index (χ3v) is 6.41. The topological polar surface area (TPSA) is 102 Å². The highest BCUT2D eigenvalue weighted by Crippen LogP contribution is 2.30. The molecular weight excluding hydrogens is 370 g/mol. The lowest BCUT2D eigenvalue weighted by Crippen LogP contribution is -2.27. The van der Waals surface area contributed by atoms with Crippen LogP contribution >= 0.6 is 0 Å². The molecule has 0 amide bonds. The second-order valence-corrected chi connectivity index (χ2v) is 8.19. The van der Waals surface area contributed by atoms with E-state index < -0.39 is 14.9 Å². The van der Waals surface area contributed by atoms with Crippen molar-refractivity contribution >= 4 is 21.4 Å². The first-order chi connectivity index (χ1) is 12.9. The van der Waals surface area contributed by atoms with Gasteiger partial charge in [-0.2, -0.15) is 4.31 Å². The van der Waals surface area contributed by atoms with Gasteiger partial charge in [0.25, 0.3) is 5.69 Å². The van der Waals surface area contributed by atoms with E-state index in [4.69, 9.17) is 4.74 Å². The van der Waals surface area contributed by atoms with E-state index in [-0.39, 0.29) is 16.3 Å². The molecule has 2 aromatic carbocycles. The Labute approximate surface area is 158 Å². The summed E-state index contributed by atoms with van der Waals surface area (Å²) in [6.45, 7) is 1.27. The van der Waals surface area contributed by atoms with E-state index in [0.717, 1.165) is 30.2 Å². The minimum absolute atomic E-state index is 0.0499. The van der Waals surface area contributed by atoms with Crippen molar-refractivity contribution in [2.75, 3.05) is 25.5 Å². The number of ether oxygens (including phenoxy) is 1. The van der Waals surface area contributed by atoms with Crippen LogP contribution in [0.4, 0.5) is 11.4 Å². The lowest BCUT2D eigenvalue weighted by atomic mass is 10.2. The van der Waals surface area contributed by atoms with Crippen molar-refractivity contribution < 1.29 is 18.1 Å². The Balaban J connectivity index is 1.82. The Hall–Kier alpha value is -2.65. The molecule has 0 aliphatic carbocycles. The van der Waals surface area contributed by atoms with Crippen LogP contribution in [0.15, 0.2) is 47.4 Å². The molecule has 1 aliphatic rings. The number of anilines is 1. The Bertz CT molecular complexity index is 923. The normalized spacial score (nSPS) is 14.9. The Morgan fingerprint density at radius 1 is 1.15 bits per heavy atom. The van der Waals surface area contributed by atoms with Crippen LogP contribution in [0, 0.1) is 10.1 Å². The Kier molecular flexibility index (Phi) is 5.62. The molecule has 9 heteroatoms. The van der Waals surface area contributed by atoms with E-state index in [0.29, 0.717) is 19.6 Å². The fourth-order valence-corrected chi connectivity index (χ4v) is 4.53. The number of nitro groups is 1. The highest BCUT2D eigenvalue weighted by Gasteiger charge is 2.29. The highest BCUT2D eigenvalue weighted by molar-refractivity contribution is 7.89. The fraction of sp³-hybridized carbons (Fsp3) is 0.333. The van der Waals surface area contributed by atoms with Crippen LogP contribution in [0.3, 0.4) is 0 Å². The van der Waals surface area contributed by atoms with E-state index in [1.54, 1.807) is 19.2 Å². The minimum Gasteiger partial charge on any atom is -0.497 e. The molecule has 8 nitrogen and oxygen atoms in total. The molecule has 0 radical (unpaired) electrons. The van der Waals surface area contributed by atoms with Crippen LogP contribution in [0.25, 0.3) is 0 Å². The van der Waals surface area contributed by atoms with Crippen LogP contribution in [0.5, 0.6) is 5.75 Å². The van der Waals surface area contributed by atoms with Crippen LogP contribution < -0.4 is 10.1 Å². The maximum atomic E-state index is 12.6. The summed E-state index contributed by atoms with van der Waals surface area (Å²) in [5.41, 5.74) is 0.929. The average Bonchev–Trinajstić information content (AvgIpc) is 3.22. The summed E-state index contributed by atoms with van der Waals surface area (Å²) in [7, 11) is -2.12. The van der Waals surface area contributed by atoms with Gasteiger partial charge >= 0.3 is 0 Å². The van der Waals surface area contributed by atoms with Gasteiger partial charge in [0, 0.05) is 25.7 Å². The first-order valence-electron chi connectivity index (χ1n) is 8.57. The summed E-state index contributed by atoms with van der Waals surface area (Å²) >= 11 is 0. The molecule has 0 saturated carbocycles. The number of nitro benzene ring substituents is 1. The van der Waals surface area contributed by atoms with Gasteiger partial charge in [-0.3, -0.25) is 10.1 Å². The third kappa shape index (κ3) is 4.20. The molecule has 1 N–H and O–H groups in total. The summed E-state index contributed by atoms with van der Waals surface area (Å²) in [5.74, 6) is 0.723. The largest absolute Gasteiger partial charge is 0.497 e. The van der Waals surface area contributed by atoms with Crippen LogP contribution in [0.2, 0.25) is 0 Å². The molecule has 1 heterocycles. The average molecular weight is 391 g/mol. The number of sulfonamides is 1. The van der Waals surface area contributed by atoms with Crippen molar-refractivity contribution in [1.82, 2.24) is 4.31 Å². The van der Waals surface area contributed by atoms with E-state index in [1.165, 1.54) is 16.4 Å². The summed E-state index contributed by atoms with van der Waals surface area (Å²) in [4.78, 5) is 10.8. The van der Waals surface area contributed by atoms with Gasteiger partial charge in [0.05, 0.1) is 16.9 Å². The Morgan fingerprint density at radius 3 is 2.41 bits per heavy atom. The number of hydrogen-bond acceptors (Lipinski definition) is 6. The van der Waals surface area contributed by atoms with Gasteiger partial charge in [0.1, 0.15) is 11.4 Å². The van der Waals surface area contributed by atoms with Crippen molar-refractivity contribution in [3.05, 3.63) is 58.1 Å². The standard InChI is InChI=1S/C18H21N3O5S/c1-26-15-6-4-14(5-7-15)13-19-17-9-8-16(12-18(17)21(22)23)27(24,25)20-10-2-3-11-20/h4-9,12,19H,2-3,10-11,13H2,1H3. The fourth-order valence-electron chi connectivity index (χ4n) is 2.99. The monoisotopic (exact) mass is 391 g/mol. The van der Waals surface area contributed by atoms with Crippen molar-refractivity contribution in [1.29, 1.82) is 0 Å². The van der Waals surface area contributed by atoms with E-state index in [9.17, 15) is 18.5 Å². The molecule has 1 saturated heterocycles. The van der Waals surface area contributed by atoms with Gasteiger partial charge in [-0.1, -0.05) is 12.1 Å². The van der Waals surface area contributed by atoms with Crippen LogP contribution in [0.1, 0.15) is 18.4 Å². The summed E-state index contributed by atoms with van der Waals surface area (Å²) < 4.78 is 31.7. The number of methoxy groups -OCH3 is 1. The summed E-state index contributed by atoms with van der Waals surface area (Å²) in [6.07, 6.45) is 1.62. The van der Waals surface area contributed by atoms with Crippen molar-refractivity contribution in [2.45, 2.75) is 24.3 Å². The molecule has 0 atom stereocenters. The molecule has 0 spiro atoms. The van der Waals surface area contributed by atoms with E-state index in [1.807, 2.05) is 12.1 Å². The molecule has 2 aromatic rings. The summed E-state index contributed by atoms with van der Waals surface area (Å²) in [6, 6.07) is 11.3. The number of rotatable bonds is 7. The molecule has 27 heavy (non-hydrogen) atoms. The van der Waals surface area contributed by atoms with Gasteiger partial charge in [-0.05, 0) is 42.7 Å². The lowest BCUT2D eigenvalue weighted by Gasteiger charge is -2.16. The van der Waals surface area contributed by atoms with E-state index >= 15 is 0 Å². The molecule has 1 aliphatic heterocycles. The third-order valence-electron chi connectivity index (χ3n) is 4.51. The molecule has 144 valence electrons. The zero-order valence-corrected chi connectivity index (χ0v) is 15.7. The lowest BCUT2D eigenvalue weighted by molar-refractivity contribution is -0.384. The predicted octanol–water partition coefficient (Wildman–Crippen LogP) is 3.00. The van der Waals surface area contributed by atoms with Gasteiger partial charge in [0.2, 0.25) is 10.0 Å². The predicted molar refractivity (Wildman–Crippen MR) is 101 cm³/mol. The Morgan fingerprint density at radius 2 is 1.81 bits per heavy atom. The van der Waals surface area contributed by atoms with Gasteiger partial charge < -0.3 is 10.1 Å². The molecule has 1 fully saturated rings. The van der Waals surface area contributed by atoms with Crippen molar-refractivity contribution in [3.63, 3.8) is 0 Å². The summed E-state index contributed by atoms with van der Waals surface area (Å²) in [5, 5.41) is 14.5. The number of hydrogen-bond donors (Lipinski definition) is 1. The number of nitrogens with one attached hydrogen (secondary N) is 1. The van der Waals surface area contributed by atoms with Crippen molar-refractivity contribution in [3.8, 4) is 5.75 Å². The maximum Gasteiger partial charge on any atom is 0.293 e. The molecule has 0 aromatic heterocycles. The van der Waals surface area contributed by atoms with Gasteiger partial charge in [-0.25, -0.2) is 8.42 Å². The van der Waals surface area contributed by atoms with E-state index in [2.05, 4.69) is 5.32 Å².